The van der Waals surface area contributed by atoms with Gasteiger partial charge in [-0.15, -0.1) is 0 Å². The van der Waals surface area contributed by atoms with Crippen LogP contribution in [0.4, 0.5) is 0 Å². The van der Waals surface area contributed by atoms with Gasteiger partial charge in [-0.05, 0) is 26.0 Å². The Balaban J connectivity index is 3.40. The Kier molecular flexibility index (Phi) is 6.58. The van der Waals surface area contributed by atoms with Gasteiger partial charge in [-0.2, -0.15) is 0 Å². The summed E-state index contributed by atoms with van der Waals surface area (Å²) in [5, 5.41) is 7.64. The Morgan fingerprint density at radius 1 is 1.32 bits per heavy atom. The van der Waals surface area contributed by atoms with Gasteiger partial charge >= 0.3 is 0 Å². The maximum atomic E-state index is 11.1. The molecule has 0 aliphatic rings. The molecule has 0 aliphatic heterocycles. The maximum Gasteiger partial charge on any atom is 0.248 e. The number of imidazole rings is 1. The van der Waals surface area contributed by atoms with E-state index in [-0.39, 0.29) is 11.3 Å². The first-order chi connectivity index (χ1) is 11.6. The number of primary amides is 1. The number of amides is 1. The highest BCUT2D eigenvalue weighted by molar-refractivity contribution is 7.81. The van der Waals surface area contributed by atoms with Gasteiger partial charge in [0.05, 0.1) is 10.6 Å². The van der Waals surface area contributed by atoms with Crippen molar-refractivity contribution in [2.45, 2.75) is 13.8 Å². The number of hydrogen-bond donors (Lipinski definition) is 4. The molecule has 1 aromatic rings. The van der Waals surface area contributed by atoms with E-state index in [2.05, 4.69) is 11.6 Å². The highest BCUT2D eigenvalue weighted by atomic mass is 32.1. The van der Waals surface area contributed by atoms with Crippen LogP contribution in [-0.4, -0.2) is 26.5 Å². The minimum Gasteiger partial charge on any atom is -0.402 e. The Bertz CT molecular complexity index is 837. The van der Waals surface area contributed by atoms with E-state index in [4.69, 9.17) is 34.8 Å². The molecule has 25 heavy (non-hydrogen) atoms. The maximum absolute atomic E-state index is 11.1. The lowest BCUT2D eigenvalue weighted by Crippen LogP contribution is -2.14. The highest BCUT2D eigenvalue weighted by Crippen LogP contribution is 2.21. The van der Waals surface area contributed by atoms with Crippen LogP contribution in [0.2, 0.25) is 0 Å². The molecule has 1 amide bonds. The number of hydrogen-bond acceptors (Lipinski definition) is 6. The van der Waals surface area contributed by atoms with Gasteiger partial charge in [0.25, 0.3) is 0 Å². The largest absolute Gasteiger partial charge is 0.402 e. The number of nitrogens with one attached hydrogen (secondary N) is 1. The van der Waals surface area contributed by atoms with Gasteiger partial charge in [0.15, 0.2) is 0 Å². The second-order valence-corrected chi connectivity index (χ2v) is 5.93. The van der Waals surface area contributed by atoms with Gasteiger partial charge < -0.3 is 27.2 Å². The van der Waals surface area contributed by atoms with Crippen LogP contribution in [0.1, 0.15) is 25.4 Å². The summed E-state index contributed by atoms with van der Waals surface area (Å²) in [6, 6.07) is 0. The molecule has 0 saturated carbocycles. The second kappa shape index (κ2) is 8.20. The molecule has 0 radical (unpaired) electrons. The third kappa shape index (κ3) is 4.98. The number of nitrogens with zero attached hydrogens (tertiary/aromatic N) is 2. The number of aromatic nitrogens is 2. The zero-order chi connectivity index (χ0) is 19.3. The van der Waals surface area contributed by atoms with Gasteiger partial charge in [0.1, 0.15) is 5.82 Å². The summed E-state index contributed by atoms with van der Waals surface area (Å²) < 4.78 is 1.77. The molecule has 0 bridgehead atoms. The predicted molar refractivity (Wildman–Crippen MR) is 105 cm³/mol. The monoisotopic (exact) mass is 358 g/mol. The molecule has 0 fully saturated rings. The number of carbonyl (C=O) groups excluding carboxylic acids is 1. The molecule has 1 rings (SSSR count). The van der Waals surface area contributed by atoms with Crippen LogP contribution in [-0.2, 0) is 11.8 Å². The van der Waals surface area contributed by atoms with Crippen molar-refractivity contribution in [2.24, 2.45) is 24.2 Å². The standard InChI is InChI=1S/C17H22N6OS/c1-9(16(21)24)5-13(20)12(7-18)11(3)17-22-14(8-23(17)4)15(25)6-10(2)19/h5-8,18H,1,19-20H2,2-4H3,(H2,21,24)/b10-6-,12-11+,13-5+,18-7?. The first-order valence-electron chi connectivity index (χ1n) is 7.27. The van der Waals surface area contributed by atoms with Gasteiger partial charge in [-0.25, -0.2) is 4.98 Å². The fourth-order valence-electron chi connectivity index (χ4n) is 2.08. The van der Waals surface area contributed by atoms with Crippen molar-refractivity contribution in [3.63, 3.8) is 0 Å². The van der Waals surface area contributed by atoms with E-state index in [9.17, 15) is 4.79 Å². The van der Waals surface area contributed by atoms with Crippen LogP contribution >= 0.6 is 12.2 Å². The normalized spacial score (nSPS) is 13.2. The molecule has 1 aromatic heterocycles. The van der Waals surface area contributed by atoms with E-state index < -0.39 is 5.91 Å². The summed E-state index contributed by atoms with van der Waals surface area (Å²) >= 11 is 5.30. The summed E-state index contributed by atoms with van der Waals surface area (Å²) in [4.78, 5) is 16.1. The molecule has 0 atom stereocenters. The molecule has 7 N–H and O–H groups in total. The third-order valence-corrected chi connectivity index (χ3v) is 3.66. The summed E-state index contributed by atoms with van der Waals surface area (Å²) in [5.74, 6) is -0.0986. The summed E-state index contributed by atoms with van der Waals surface area (Å²) in [6.07, 6.45) is 5.85. The zero-order valence-corrected chi connectivity index (χ0v) is 15.3. The van der Waals surface area contributed by atoms with Crippen molar-refractivity contribution in [1.82, 2.24) is 9.55 Å². The van der Waals surface area contributed by atoms with Crippen LogP contribution in [0, 0.1) is 5.41 Å². The van der Waals surface area contributed by atoms with Crippen molar-refractivity contribution in [3.05, 3.63) is 59.0 Å². The number of aryl methyl sites for hydroxylation is 1. The summed E-state index contributed by atoms with van der Waals surface area (Å²) in [6.45, 7) is 7.04. The molecule has 0 spiro atoms. The van der Waals surface area contributed by atoms with E-state index in [1.165, 1.54) is 6.08 Å². The Morgan fingerprint density at radius 3 is 2.40 bits per heavy atom. The zero-order valence-electron chi connectivity index (χ0n) is 14.5. The molecule has 0 unspecified atom stereocenters. The van der Waals surface area contributed by atoms with E-state index in [0.717, 1.165) is 6.21 Å². The molecule has 0 aliphatic carbocycles. The van der Waals surface area contributed by atoms with E-state index in [0.29, 0.717) is 33.2 Å². The van der Waals surface area contributed by atoms with E-state index >= 15 is 0 Å². The topological polar surface area (TPSA) is 137 Å². The van der Waals surface area contributed by atoms with Crippen molar-refractivity contribution in [2.75, 3.05) is 0 Å². The SMILES string of the molecule is C=C(/C=C(N)\C(C=N)=C(/C)c1nc(C(=S)/C=C(/C)N)cn1C)C(N)=O. The first kappa shape index (κ1) is 20.0. The average Bonchev–Trinajstić information content (AvgIpc) is 2.89. The van der Waals surface area contributed by atoms with Crippen molar-refractivity contribution in [1.29, 1.82) is 5.41 Å². The summed E-state index contributed by atoms with van der Waals surface area (Å²) in [7, 11) is 1.81. The number of allylic oxidation sites excluding steroid dienone is 4. The van der Waals surface area contributed by atoms with Crippen LogP contribution in [0.25, 0.3) is 5.57 Å². The quantitative estimate of drug-likeness (QED) is 0.191. The van der Waals surface area contributed by atoms with Gasteiger partial charge in [-0.1, -0.05) is 18.8 Å². The highest BCUT2D eigenvalue weighted by Gasteiger charge is 2.14. The van der Waals surface area contributed by atoms with Crippen LogP contribution < -0.4 is 17.2 Å². The minimum atomic E-state index is -0.682. The number of thiocarbonyl (C=S) groups is 1. The van der Waals surface area contributed by atoms with Crippen molar-refractivity contribution < 1.29 is 4.79 Å². The minimum absolute atomic E-state index is 0.0508. The Morgan fingerprint density at radius 2 is 1.92 bits per heavy atom. The molecule has 7 nitrogen and oxygen atoms in total. The Labute approximate surface area is 152 Å². The molecule has 8 heteroatoms. The predicted octanol–water partition coefficient (Wildman–Crippen LogP) is 1.31. The molecule has 1 heterocycles. The van der Waals surface area contributed by atoms with Crippen molar-refractivity contribution >= 4 is 34.8 Å². The molecular weight excluding hydrogens is 336 g/mol. The average molecular weight is 358 g/mol. The van der Waals surface area contributed by atoms with Gasteiger partial charge in [0, 0.05) is 47.6 Å². The molecule has 0 aromatic carbocycles. The lowest BCUT2D eigenvalue weighted by Gasteiger charge is -2.09. The molecular formula is C17H22N6OS. The third-order valence-electron chi connectivity index (χ3n) is 3.33. The first-order valence-corrected chi connectivity index (χ1v) is 7.68. The van der Waals surface area contributed by atoms with Crippen LogP contribution in [0.15, 0.2) is 47.5 Å². The number of rotatable bonds is 7. The lowest BCUT2D eigenvalue weighted by molar-refractivity contribution is -0.114. The molecule has 0 saturated heterocycles. The number of carbonyl (C=O) groups is 1. The number of nitrogens with two attached hydrogens (primary N) is 3. The fourth-order valence-corrected chi connectivity index (χ4v) is 2.36. The van der Waals surface area contributed by atoms with Gasteiger partial charge in [-0.3, -0.25) is 4.79 Å². The van der Waals surface area contributed by atoms with Crippen molar-refractivity contribution in [3.8, 4) is 0 Å². The van der Waals surface area contributed by atoms with Crippen LogP contribution in [0.3, 0.4) is 0 Å². The van der Waals surface area contributed by atoms with E-state index in [1.807, 2.05) is 0 Å². The summed E-state index contributed by atoms with van der Waals surface area (Å²) in [5.41, 5.74) is 19.2. The fraction of sp³-hybridized carbons (Fsp3) is 0.176. The van der Waals surface area contributed by atoms with Crippen LogP contribution in [0.5, 0.6) is 0 Å². The molecule has 132 valence electrons. The lowest BCUT2D eigenvalue weighted by atomic mass is 10.0. The van der Waals surface area contributed by atoms with E-state index in [1.54, 1.807) is 37.7 Å². The van der Waals surface area contributed by atoms with Gasteiger partial charge in [0.2, 0.25) is 5.91 Å². The Hall–Kier alpha value is -3.00. The second-order valence-electron chi connectivity index (χ2n) is 5.49. The smallest absolute Gasteiger partial charge is 0.248 e.